The maximum Gasteiger partial charge on any atom is 0.326 e. The van der Waals surface area contributed by atoms with Crippen LogP contribution in [-0.2, 0) is 16.0 Å². The molecular formula is C16H18ClNO3. The summed E-state index contributed by atoms with van der Waals surface area (Å²) in [6, 6.07) is 6.55. The van der Waals surface area contributed by atoms with Crippen molar-refractivity contribution >= 4 is 23.5 Å². The Morgan fingerprint density at radius 2 is 2.05 bits per heavy atom. The van der Waals surface area contributed by atoms with E-state index in [1.807, 2.05) is 18.2 Å². The van der Waals surface area contributed by atoms with Crippen molar-refractivity contribution in [1.82, 2.24) is 4.90 Å². The van der Waals surface area contributed by atoms with Crippen molar-refractivity contribution in [1.29, 1.82) is 0 Å². The number of aliphatic carboxylic acids is 1. The molecule has 0 spiro atoms. The van der Waals surface area contributed by atoms with Gasteiger partial charge in [-0.25, -0.2) is 4.79 Å². The zero-order valence-electron chi connectivity index (χ0n) is 11.7. The first kappa shape index (κ1) is 14.4. The van der Waals surface area contributed by atoms with Gasteiger partial charge in [0.05, 0.1) is 6.42 Å². The molecule has 1 saturated heterocycles. The molecule has 2 aliphatic rings. The van der Waals surface area contributed by atoms with Gasteiger partial charge >= 0.3 is 5.97 Å². The number of benzene rings is 1. The van der Waals surface area contributed by atoms with Gasteiger partial charge in [0.2, 0.25) is 5.91 Å². The lowest BCUT2D eigenvalue weighted by molar-refractivity contribution is -0.149. The van der Waals surface area contributed by atoms with Crippen LogP contribution in [0, 0.1) is 11.8 Å². The molecule has 0 radical (unpaired) electrons. The summed E-state index contributed by atoms with van der Waals surface area (Å²) in [5.41, 5.74) is 0.755. The number of carbonyl (C=O) groups excluding carboxylic acids is 1. The first-order chi connectivity index (χ1) is 10.1. The average Bonchev–Trinajstić information content (AvgIpc) is 3.00. The molecule has 0 aromatic heterocycles. The lowest BCUT2D eigenvalue weighted by atomic mass is 9.94. The highest BCUT2D eigenvalue weighted by Crippen LogP contribution is 2.42. The summed E-state index contributed by atoms with van der Waals surface area (Å²) in [7, 11) is 0. The molecule has 1 amide bonds. The van der Waals surface area contributed by atoms with E-state index in [9.17, 15) is 14.7 Å². The van der Waals surface area contributed by atoms with Gasteiger partial charge in [0.15, 0.2) is 0 Å². The van der Waals surface area contributed by atoms with Crippen LogP contribution in [-0.4, -0.2) is 34.5 Å². The van der Waals surface area contributed by atoms with Gasteiger partial charge in [-0.15, -0.1) is 0 Å². The summed E-state index contributed by atoms with van der Waals surface area (Å²) >= 11 is 6.08. The first-order valence-electron chi connectivity index (χ1n) is 7.33. The van der Waals surface area contributed by atoms with Crippen LogP contribution in [0.4, 0.5) is 0 Å². The predicted molar refractivity (Wildman–Crippen MR) is 79.1 cm³/mol. The van der Waals surface area contributed by atoms with Crippen molar-refractivity contribution < 1.29 is 14.7 Å². The molecule has 1 heterocycles. The maximum atomic E-state index is 12.5. The molecule has 3 atom stereocenters. The zero-order valence-corrected chi connectivity index (χ0v) is 12.4. The fourth-order valence-corrected chi connectivity index (χ4v) is 3.99. The third-order valence-electron chi connectivity index (χ3n) is 4.76. The molecule has 5 heteroatoms. The molecule has 1 aliphatic carbocycles. The van der Waals surface area contributed by atoms with Crippen molar-refractivity contribution in [3.63, 3.8) is 0 Å². The third-order valence-corrected chi connectivity index (χ3v) is 5.13. The second-order valence-corrected chi connectivity index (χ2v) is 6.36. The van der Waals surface area contributed by atoms with E-state index in [1.165, 1.54) is 0 Å². The van der Waals surface area contributed by atoms with Crippen molar-refractivity contribution in [3.8, 4) is 0 Å². The minimum atomic E-state index is -0.878. The van der Waals surface area contributed by atoms with Crippen molar-refractivity contribution in [2.24, 2.45) is 11.8 Å². The molecule has 112 valence electrons. The molecule has 1 aromatic rings. The smallest absolute Gasteiger partial charge is 0.326 e. The molecule has 1 saturated carbocycles. The molecule has 1 N–H and O–H groups in total. The van der Waals surface area contributed by atoms with Crippen LogP contribution in [0.1, 0.15) is 24.8 Å². The number of rotatable bonds is 3. The van der Waals surface area contributed by atoms with E-state index in [2.05, 4.69) is 0 Å². The third kappa shape index (κ3) is 2.64. The zero-order chi connectivity index (χ0) is 15.0. The summed E-state index contributed by atoms with van der Waals surface area (Å²) < 4.78 is 0. The molecular weight excluding hydrogens is 290 g/mol. The molecule has 0 bridgehead atoms. The van der Waals surface area contributed by atoms with Gasteiger partial charge in [0, 0.05) is 11.6 Å². The van der Waals surface area contributed by atoms with E-state index in [-0.39, 0.29) is 18.2 Å². The Labute approximate surface area is 128 Å². The normalized spacial score (nSPS) is 27.7. The number of carbonyl (C=O) groups is 2. The van der Waals surface area contributed by atoms with E-state index in [0.717, 1.165) is 24.8 Å². The Bertz CT molecular complexity index is 574. The minimum absolute atomic E-state index is 0.123. The van der Waals surface area contributed by atoms with Crippen LogP contribution in [0.3, 0.4) is 0 Å². The van der Waals surface area contributed by atoms with Gasteiger partial charge in [0.25, 0.3) is 0 Å². The summed E-state index contributed by atoms with van der Waals surface area (Å²) in [6.45, 7) is 0.574. The molecule has 3 unspecified atom stereocenters. The predicted octanol–water partition coefficient (Wildman–Crippen LogP) is 2.59. The van der Waals surface area contributed by atoms with Gasteiger partial charge in [0.1, 0.15) is 6.04 Å². The Hall–Kier alpha value is -1.55. The van der Waals surface area contributed by atoms with E-state index >= 15 is 0 Å². The van der Waals surface area contributed by atoms with Crippen LogP contribution < -0.4 is 0 Å². The van der Waals surface area contributed by atoms with Crippen molar-refractivity contribution in [2.75, 3.05) is 6.54 Å². The summed E-state index contributed by atoms with van der Waals surface area (Å²) in [5, 5.41) is 10.0. The minimum Gasteiger partial charge on any atom is -0.480 e. The summed E-state index contributed by atoms with van der Waals surface area (Å²) in [5.74, 6) is -0.541. The van der Waals surface area contributed by atoms with Crippen LogP contribution in [0.15, 0.2) is 24.3 Å². The summed E-state index contributed by atoms with van der Waals surface area (Å²) in [6.07, 6.45) is 3.19. The van der Waals surface area contributed by atoms with Crippen molar-refractivity contribution in [3.05, 3.63) is 34.9 Å². The Morgan fingerprint density at radius 1 is 1.29 bits per heavy atom. The molecule has 1 aliphatic heterocycles. The number of hydrogen-bond acceptors (Lipinski definition) is 2. The monoisotopic (exact) mass is 307 g/mol. The van der Waals surface area contributed by atoms with Crippen LogP contribution >= 0.6 is 11.6 Å². The Morgan fingerprint density at radius 3 is 2.76 bits per heavy atom. The molecule has 1 aromatic carbocycles. The van der Waals surface area contributed by atoms with Gasteiger partial charge < -0.3 is 10.0 Å². The quantitative estimate of drug-likeness (QED) is 0.934. The topological polar surface area (TPSA) is 57.6 Å². The Balaban J connectivity index is 1.78. The number of carboxylic acid groups (broad SMARTS) is 1. The molecule has 3 rings (SSSR count). The largest absolute Gasteiger partial charge is 0.480 e. The van der Waals surface area contributed by atoms with Crippen LogP contribution in [0.5, 0.6) is 0 Å². The fraction of sp³-hybridized carbons (Fsp3) is 0.500. The lowest BCUT2D eigenvalue weighted by Crippen LogP contribution is -2.44. The van der Waals surface area contributed by atoms with E-state index in [4.69, 9.17) is 11.6 Å². The second kappa shape index (κ2) is 5.68. The number of halogens is 1. The highest BCUT2D eigenvalue weighted by molar-refractivity contribution is 6.31. The molecule has 2 fully saturated rings. The maximum absolute atomic E-state index is 12.5. The molecule has 4 nitrogen and oxygen atoms in total. The van der Waals surface area contributed by atoms with Crippen LogP contribution in [0.25, 0.3) is 0 Å². The average molecular weight is 308 g/mol. The first-order valence-corrected chi connectivity index (χ1v) is 7.71. The van der Waals surface area contributed by atoms with Gasteiger partial charge in [-0.3, -0.25) is 4.79 Å². The van der Waals surface area contributed by atoms with Crippen molar-refractivity contribution in [2.45, 2.75) is 31.7 Å². The van der Waals surface area contributed by atoms with E-state index in [1.54, 1.807) is 11.0 Å². The van der Waals surface area contributed by atoms with Crippen LogP contribution in [0.2, 0.25) is 5.02 Å². The number of carboxylic acids is 1. The fourth-order valence-electron chi connectivity index (χ4n) is 3.78. The second-order valence-electron chi connectivity index (χ2n) is 5.95. The van der Waals surface area contributed by atoms with Gasteiger partial charge in [-0.1, -0.05) is 36.2 Å². The highest BCUT2D eigenvalue weighted by atomic mass is 35.5. The number of amides is 1. The Kier molecular flexibility index (Phi) is 3.89. The number of hydrogen-bond donors (Lipinski definition) is 1. The summed E-state index contributed by atoms with van der Waals surface area (Å²) in [4.78, 5) is 25.6. The number of nitrogens with zero attached hydrogens (tertiary/aromatic N) is 1. The molecule has 21 heavy (non-hydrogen) atoms. The SMILES string of the molecule is O=C(O)C1C2CCCC2CN1C(=O)Cc1ccccc1Cl. The van der Waals surface area contributed by atoms with E-state index in [0.29, 0.717) is 17.5 Å². The number of likely N-dealkylation sites (tertiary alicyclic amines) is 1. The van der Waals surface area contributed by atoms with Gasteiger partial charge in [-0.2, -0.15) is 0 Å². The number of fused-ring (bicyclic) bond motifs is 1. The lowest BCUT2D eigenvalue weighted by Gasteiger charge is -2.24. The van der Waals surface area contributed by atoms with E-state index < -0.39 is 12.0 Å². The van der Waals surface area contributed by atoms with Gasteiger partial charge in [-0.05, 0) is 36.3 Å². The highest BCUT2D eigenvalue weighted by Gasteiger charge is 2.49. The standard InChI is InChI=1S/C16H18ClNO3/c17-13-7-2-1-4-10(13)8-14(19)18-9-11-5-3-6-12(11)15(18)16(20)21/h1-2,4,7,11-12,15H,3,5-6,8-9H2,(H,20,21).